The smallest absolute Gasteiger partial charge is 0.335 e. The normalized spacial score (nSPS) is 10.5. The van der Waals surface area contributed by atoms with Crippen molar-refractivity contribution < 1.29 is 14.6 Å². The van der Waals surface area contributed by atoms with Crippen LogP contribution in [0.3, 0.4) is 0 Å². The Morgan fingerprint density at radius 3 is 2.86 bits per heavy atom. The van der Waals surface area contributed by atoms with Crippen molar-refractivity contribution in [3.8, 4) is 11.6 Å². The molecule has 2 heterocycles. The van der Waals surface area contributed by atoms with Gasteiger partial charge < -0.3 is 9.84 Å². The second-order valence-corrected chi connectivity index (χ2v) is 4.67. The molecule has 1 N–H and O–H groups in total. The van der Waals surface area contributed by atoms with Crippen LogP contribution in [-0.4, -0.2) is 21.0 Å². The zero-order valence-corrected chi connectivity index (χ0v) is 11.4. The molecule has 0 aliphatic rings. The first-order valence-corrected chi connectivity index (χ1v) is 6.43. The van der Waals surface area contributed by atoms with E-state index in [-0.39, 0.29) is 16.6 Å². The van der Waals surface area contributed by atoms with E-state index >= 15 is 0 Å². The van der Waals surface area contributed by atoms with Gasteiger partial charge in [0.1, 0.15) is 10.9 Å². The summed E-state index contributed by atoms with van der Waals surface area (Å²) in [5.74, 6) is -0.466. The molecule has 0 aliphatic carbocycles. The third kappa shape index (κ3) is 2.93. The number of carboxylic acids is 1. The summed E-state index contributed by atoms with van der Waals surface area (Å²) >= 11 is 5.79. The van der Waals surface area contributed by atoms with E-state index in [9.17, 15) is 4.79 Å². The predicted octanol–water partition coefficient (Wildman–Crippen LogP) is 3.77. The van der Waals surface area contributed by atoms with Gasteiger partial charge in [-0.05, 0) is 24.3 Å². The molecule has 3 rings (SSSR count). The minimum Gasteiger partial charge on any atom is -0.478 e. The molecule has 1 aromatic carbocycles. The van der Waals surface area contributed by atoms with Crippen LogP contribution in [0.5, 0.6) is 11.6 Å². The first-order chi connectivity index (χ1) is 10.1. The number of aromatic carboxylic acids is 1. The Morgan fingerprint density at radius 2 is 2.05 bits per heavy atom. The van der Waals surface area contributed by atoms with Crippen LogP contribution >= 0.6 is 11.6 Å². The zero-order valence-electron chi connectivity index (χ0n) is 10.7. The maximum Gasteiger partial charge on any atom is 0.335 e. The summed E-state index contributed by atoms with van der Waals surface area (Å²) < 4.78 is 5.56. The average molecular weight is 301 g/mol. The van der Waals surface area contributed by atoms with Crippen LogP contribution in [0.2, 0.25) is 5.15 Å². The van der Waals surface area contributed by atoms with Gasteiger partial charge in [0.15, 0.2) is 0 Å². The summed E-state index contributed by atoms with van der Waals surface area (Å²) in [5.41, 5.74) is 0.791. The summed E-state index contributed by atoms with van der Waals surface area (Å²) in [6.45, 7) is 0. The van der Waals surface area contributed by atoms with Gasteiger partial charge in [0, 0.05) is 23.7 Å². The second-order valence-electron chi connectivity index (χ2n) is 4.28. The molecule has 0 amide bonds. The summed E-state index contributed by atoms with van der Waals surface area (Å²) in [6.07, 6.45) is 1.69. The Kier molecular flexibility index (Phi) is 3.41. The lowest BCUT2D eigenvalue weighted by molar-refractivity contribution is 0.0696. The highest BCUT2D eigenvalue weighted by Gasteiger charge is 2.09. The van der Waals surface area contributed by atoms with Crippen LogP contribution in [0.25, 0.3) is 10.9 Å². The zero-order chi connectivity index (χ0) is 14.8. The highest BCUT2D eigenvalue weighted by molar-refractivity contribution is 6.29. The average Bonchev–Trinajstić information content (AvgIpc) is 2.46. The van der Waals surface area contributed by atoms with Gasteiger partial charge in [0.25, 0.3) is 0 Å². The van der Waals surface area contributed by atoms with Gasteiger partial charge >= 0.3 is 5.97 Å². The van der Waals surface area contributed by atoms with Crippen molar-refractivity contribution in [3.63, 3.8) is 0 Å². The Labute approximate surface area is 124 Å². The number of hydrogen-bond acceptors (Lipinski definition) is 4. The minimum atomic E-state index is -1.09. The quantitative estimate of drug-likeness (QED) is 0.745. The molecule has 0 saturated heterocycles. The number of benzene rings is 1. The topological polar surface area (TPSA) is 72.3 Å². The molecule has 21 heavy (non-hydrogen) atoms. The van der Waals surface area contributed by atoms with E-state index in [0.29, 0.717) is 5.75 Å². The van der Waals surface area contributed by atoms with Crippen molar-refractivity contribution in [1.82, 2.24) is 9.97 Å². The maximum absolute atomic E-state index is 11.0. The number of halogens is 1. The lowest BCUT2D eigenvalue weighted by Gasteiger charge is -2.07. The van der Waals surface area contributed by atoms with Crippen molar-refractivity contribution in [3.05, 3.63) is 59.4 Å². The highest BCUT2D eigenvalue weighted by Crippen LogP contribution is 2.25. The van der Waals surface area contributed by atoms with Crippen LogP contribution < -0.4 is 4.74 Å². The number of nitrogens with zero attached hydrogens (tertiary/aromatic N) is 2. The minimum absolute atomic E-state index is 0.0175. The lowest BCUT2D eigenvalue weighted by atomic mass is 10.2. The lowest BCUT2D eigenvalue weighted by Crippen LogP contribution is -1.98. The molecule has 2 aromatic heterocycles. The monoisotopic (exact) mass is 300 g/mol. The summed E-state index contributed by atoms with van der Waals surface area (Å²) in [7, 11) is 0. The fourth-order valence-electron chi connectivity index (χ4n) is 1.88. The van der Waals surface area contributed by atoms with Crippen molar-refractivity contribution in [1.29, 1.82) is 0 Å². The molecular weight excluding hydrogens is 292 g/mol. The molecule has 0 atom stereocenters. The van der Waals surface area contributed by atoms with Crippen LogP contribution in [0.4, 0.5) is 0 Å². The number of carboxylic acid groups (broad SMARTS) is 1. The van der Waals surface area contributed by atoms with Crippen LogP contribution in [-0.2, 0) is 0 Å². The standard InChI is InChI=1S/C15H9ClN2O3/c16-13-6-10(15(19)20)7-14(18-13)21-11-4-3-9-2-1-5-17-12(9)8-11/h1-8H,(H,19,20). The molecular formula is C15H9ClN2O3. The first kappa shape index (κ1) is 13.3. The third-order valence-corrected chi connectivity index (χ3v) is 3.01. The van der Waals surface area contributed by atoms with Gasteiger partial charge in [-0.15, -0.1) is 0 Å². The molecule has 0 aliphatic heterocycles. The maximum atomic E-state index is 11.0. The predicted molar refractivity (Wildman–Crippen MR) is 78.0 cm³/mol. The van der Waals surface area contributed by atoms with Gasteiger partial charge in [0.05, 0.1) is 11.1 Å². The molecule has 5 nitrogen and oxygen atoms in total. The molecule has 0 radical (unpaired) electrons. The number of rotatable bonds is 3. The van der Waals surface area contributed by atoms with E-state index in [1.165, 1.54) is 12.1 Å². The van der Waals surface area contributed by atoms with Crippen molar-refractivity contribution >= 4 is 28.5 Å². The first-order valence-electron chi connectivity index (χ1n) is 6.05. The summed E-state index contributed by atoms with van der Waals surface area (Å²) in [5, 5.41) is 10.0. The van der Waals surface area contributed by atoms with E-state index < -0.39 is 5.97 Å². The number of fused-ring (bicyclic) bond motifs is 1. The van der Waals surface area contributed by atoms with Crippen LogP contribution in [0, 0.1) is 0 Å². The van der Waals surface area contributed by atoms with E-state index in [0.717, 1.165) is 10.9 Å². The van der Waals surface area contributed by atoms with Crippen LogP contribution in [0.1, 0.15) is 10.4 Å². The Balaban J connectivity index is 1.96. The SMILES string of the molecule is O=C(O)c1cc(Cl)nc(Oc2ccc3cccnc3c2)c1. The number of carbonyl (C=O) groups is 1. The van der Waals surface area contributed by atoms with E-state index in [1.807, 2.05) is 18.2 Å². The fourth-order valence-corrected chi connectivity index (χ4v) is 2.08. The Hall–Kier alpha value is -2.66. The van der Waals surface area contributed by atoms with E-state index in [4.69, 9.17) is 21.4 Å². The second kappa shape index (κ2) is 5.38. The number of aromatic nitrogens is 2. The van der Waals surface area contributed by atoms with Gasteiger partial charge in [-0.25, -0.2) is 9.78 Å². The molecule has 0 saturated carbocycles. The van der Waals surface area contributed by atoms with Gasteiger partial charge in [-0.1, -0.05) is 17.7 Å². The highest BCUT2D eigenvalue weighted by atomic mass is 35.5. The van der Waals surface area contributed by atoms with E-state index in [2.05, 4.69) is 9.97 Å². The van der Waals surface area contributed by atoms with Crippen molar-refractivity contribution in [2.24, 2.45) is 0 Å². The largest absolute Gasteiger partial charge is 0.478 e. The molecule has 0 spiro atoms. The van der Waals surface area contributed by atoms with Gasteiger partial charge in [0.2, 0.25) is 5.88 Å². The molecule has 0 fully saturated rings. The van der Waals surface area contributed by atoms with Crippen LogP contribution in [0.15, 0.2) is 48.7 Å². The third-order valence-electron chi connectivity index (χ3n) is 2.82. The Morgan fingerprint density at radius 1 is 1.19 bits per heavy atom. The van der Waals surface area contributed by atoms with Gasteiger partial charge in [-0.3, -0.25) is 4.98 Å². The Bertz CT molecular complexity index is 836. The molecule has 3 aromatic rings. The van der Waals surface area contributed by atoms with E-state index in [1.54, 1.807) is 18.3 Å². The van der Waals surface area contributed by atoms with Gasteiger partial charge in [-0.2, -0.15) is 0 Å². The molecule has 104 valence electrons. The number of hydrogen-bond donors (Lipinski definition) is 1. The molecule has 0 unspecified atom stereocenters. The summed E-state index contributed by atoms with van der Waals surface area (Å²) in [4.78, 5) is 19.2. The molecule has 0 bridgehead atoms. The van der Waals surface area contributed by atoms with Crippen molar-refractivity contribution in [2.45, 2.75) is 0 Å². The molecule has 6 heteroatoms. The van der Waals surface area contributed by atoms with Crippen molar-refractivity contribution in [2.75, 3.05) is 0 Å². The number of ether oxygens (including phenoxy) is 1. The fraction of sp³-hybridized carbons (Fsp3) is 0. The number of pyridine rings is 2. The summed E-state index contributed by atoms with van der Waals surface area (Å²) in [6, 6.07) is 11.7.